The third kappa shape index (κ3) is 5.96. The summed E-state index contributed by atoms with van der Waals surface area (Å²) in [4.78, 5) is 2.23. The number of nitrogens with zero attached hydrogens (tertiary/aromatic N) is 1. The lowest BCUT2D eigenvalue weighted by molar-refractivity contribution is -0.0106. The van der Waals surface area contributed by atoms with Gasteiger partial charge in [-0.3, -0.25) is 4.90 Å². The summed E-state index contributed by atoms with van der Waals surface area (Å²) in [5, 5.41) is 10.4. The molecule has 1 heterocycles. The molecule has 5 heteroatoms. The van der Waals surface area contributed by atoms with E-state index in [-0.39, 0.29) is 12.9 Å². The Morgan fingerprint density at radius 1 is 1.00 bits per heavy atom. The molecule has 1 N–H and O–H groups in total. The van der Waals surface area contributed by atoms with E-state index in [1.165, 1.54) is 11.1 Å². The molecule has 0 bridgehead atoms. The Morgan fingerprint density at radius 3 is 2.41 bits per heavy atom. The summed E-state index contributed by atoms with van der Waals surface area (Å²) >= 11 is 0. The minimum Gasteiger partial charge on any atom is -0.454 e. The Balaban J connectivity index is 1.69. The van der Waals surface area contributed by atoms with Crippen LogP contribution in [0.25, 0.3) is 0 Å². The molecule has 146 valence electrons. The van der Waals surface area contributed by atoms with E-state index in [1.807, 2.05) is 32.0 Å². The van der Waals surface area contributed by atoms with Crippen molar-refractivity contribution in [1.29, 1.82) is 0 Å². The zero-order valence-electron chi connectivity index (χ0n) is 16.4. The maximum absolute atomic E-state index is 10.4. The van der Waals surface area contributed by atoms with Gasteiger partial charge < -0.3 is 19.3 Å². The number of hydrogen-bond donors (Lipinski definition) is 1. The zero-order chi connectivity index (χ0) is 19.2. The molecule has 0 radical (unpaired) electrons. The summed E-state index contributed by atoms with van der Waals surface area (Å²) in [6.45, 7) is 8.65. The second-order valence-electron chi connectivity index (χ2n) is 7.38. The average Bonchev–Trinajstić information content (AvgIpc) is 3.09. The number of hydrogen-bond acceptors (Lipinski definition) is 5. The topological polar surface area (TPSA) is 51.2 Å². The van der Waals surface area contributed by atoms with Crippen molar-refractivity contribution in [3.05, 3.63) is 59.2 Å². The molecular weight excluding hydrogens is 342 g/mol. The third-order valence-electron chi connectivity index (χ3n) is 4.46. The van der Waals surface area contributed by atoms with Gasteiger partial charge in [-0.05, 0) is 44.0 Å². The van der Waals surface area contributed by atoms with E-state index in [2.05, 4.69) is 36.1 Å². The lowest BCUT2D eigenvalue weighted by atomic mass is 10.1. The predicted octanol–water partition coefficient (Wildman–Crippen LogP) is 3.51. The fourth-order valence-corrected chi connectivity index (χ4v) is 3.09. The molecule has 1 atom stereocenters. The fourth-order valence-electron chi connectivity index (χ4n) is 3.09. The first-order valence-corrected chi connectivity index (χ1v) is 9.45. The van der Waals surface area contributed by atoms with Gasteiger partial charge in [0.15, 0.2) is 11.5 Å². The van der Waals surface area contributed by atoms with E-state index in [4.69, 9.17) is 14.2 Å². The van der Waals surface area contributed by atoms with Crippen molar-refractivity contribution >= 4 is 0 Å². The average molecular weight is 371 g/mol. The van der Waals surface area contributed by atoms with E-state index in [0.29, 0.717) is 19.7 Å². The summed E-state index contributed by atoms with van der Waals surface area (Å²) in [5.74, 6) is 1.57. The van der Waals surface area contributed by atoms with Gasteiger partial charge in [-0.25, -0.2) is 0 Å². The van der Waals surface area contributed by atoms with Crippen LogP contribution in [-0.2, 0) is 17.8 Å². The van der Waals surface area contributed by atoms with Crippen LogP contribution in [0.2, 0.25) is 0 Å². The number of benzene rings is 2. The first kappa shape index (κ1) is 19.7. The van der Waals surface area contributed by atoms with Gasteiger partial charge in [0.05, 0.1) is 18.8 Å². The summed E-state index contributed by atoms with van der Waals surface area (Å²) in [7, 11) is 0. The van der Waals surface area contributed by atoms with Gasteiger partial charge in [-0.2, -0.15) is 0 Å². The molecule has 0 aliphatic carbocycles. The molecule has 0 saturated carbocycles. The van der Waals surface area contributed by atoms with Crippen LogP contribution in [0, 0.1) is 6.92 Å². The minimum absolute atomic E-state index is 0.110. The van der Waals surface area contributed by atoms with Crippen molar-refractivity contribution in [3.63, 3.8) is 0 Å². The Bertz CT molecular complexity index is 730. The highest BCUT2D eigenvalue weighted by Crippen LogP contribution is 2.33. The van der Waals surface area contributed by atoms with Crippen LogP contribution in [0.4, 0.5) is 0 Å². The maximum atomic E-state index is 10.4. The molecule has 0 unspecified atom stereocenters. The van der Waals surface area contributed by atoms with Crippen molar-refractivity contribution in [2.45, 2.75) is 46.1 Å². The first-order valence-electron chi connectivity index (χ1n) is 9.45. The number of aliphatic hydroxyl groups is 1. The molecular formula is C22H29NO4. The van der Waals surface area contributed by atoms with Gasteiger partial charge in [0.1, 0.15) is 0 Å². The highest BCUT2D eigenvalue weighted by molar-refractivity contribution is 5.44. The molecule has 0 fully saturated rings. The Kier molecular flexibility index (Phi) is 6.72. The molecule has 2 aromatic carbocycles. The standard InChI is InChI=1S/C22H29NO4/c1-16(2)25-14-20(24)13-23(11-18-6-4-17(3)5-7-18)12-19-8-9-21-22(10-19)27-15-26-21/h4-10,16,20,24H,11-15H2,1-3H3/t20-/m0/s1. The highest BCUT2D eigenvalue weighted by atomic mass is 16.7. The van der Waals surface area contributed by atoms with Crippen LogP contribution >= 0.6 is 0 Å². The van der Waals surface area contributed by atoms with Gasteiger partial charge in [0, 0.05) is 19.6 Å². The van der Waals surface area contributed by atoms with Crippen molar-refractivity contribution in [2.75, 3.05) is 19.9 Å². The number of fused-ring (bicyclic) bond motifs is 1. The first-order chi connectivity index (χ1) is 13.0. The molecule has 5 nitrogen and oxygen atoms in total. The van der Waals surface area contributed by atoms with Crippen LogP contribution in [0.3, 0.4) is 0 Å². The number of aryl methyl sites for hydroxylation is 1. The second-order valence-corrected chi connectivity index (χ2v) is 7.38. The number of ether oxygens (including phenoxy) is 3. The van der Waals surface area contributed by atoms with E-state index in [9.17, 15) is 5.11 Å². The lowest BCUT2D eigenvalue weighted by Gasteiger charge is -2.26. The molecule has 3 rings (SSSR count). The van der Waals surface area contributed by atoms with Crippen molar-refractivity contribution in [3.8, 4) is 11.5 Å². The second kappa shape index (κ2) is 9.22. The molecule has 2 aromatic rings. The predicted molar refractivity (Wildman–Crippen MR) is 105 cm³/mol. The van der Waals surface area contributed by atoms with Crippen LogP contribution in [0.1, 0.15) is 30.5 Å². The molecule has 1 aliphatic heterocycles. The smallest absolute Gasteiger partial charge is 0.231 e. The normalized spacial score (nSPS) is 14.1. The van der Waals surface area contributed by atoms with Crippen molar-refractivity contribution in [2.24, 2.45) is 0 Å². The quantitative estimate of drug-likeness (QED) is 0.731. The van der Waals surface area contributed by atoms with Gasteiger partial charge in [-0.15, -0.1) is 0 Å². The molecule has 1 aliphatic rings. The summed E-state index contributed by atoms with van der Waals surface area (Å²) in [5.41, 5.74) is 3.59. The van der Waals surface area contributed by atoms with Crippen molar-refractivity contribution in [1.82, 2.24) is 4.90 Å². The fraction of sp³-hybridized carbons (Fsp3) is 0.455. The van der Waals surface area contributed by atoms with E-state index in [0.717, 1.165) is 23.6 Å². The SMILES string of the molecule is Cc1ccc(CN(Cc2ccc3c(c2)OCO3)C[C@H](O)COC(C)C)cc1. The summed E-state index contributed by atoms with van der Waals surface area (Å²) < 4.78 is 16.4. The van der Waals surface area contributed by atoms with Gasteiger partial charge in [0.2, 0.25) is 6.79 Å². The van der Waals surface area contributed by atoms with Gasteiger partial charge >= 0.3 is 0 Å². The highest BCUT2D eigenvalue weighted by Gasteiger charge is 2.17. The number of aliphatic hydroxyl groups excluding tert-OH is 1. The molecule has 27 heavy (non-hydrogen) atoms. The van der Waals surface area contributed by atoms with Crippen LogP contribution in [0.15, 0.2) is 42.5 Å². The summed E-state index contributed by atoms with van der Waals surface area (Å²) in [6.07, 6.45) is -0.425. The lowest BCUT2D eigenvalue weighted by Crippen LogP contribution is -2.34. The van der Waals surface area contributed by atoms with Crippen LogP contribution < -0.4 is 9.47 Å². The number of rotatable bonds is 9. The molecule has 0 saturated heterocycles. The van der Waals surface area contributed by atoms with E-state index in [1.54, 1.807) is 0 Å². The zero-order valence-corrected chi connectivity index (χ0v) is 16.4. The maximum Gasteiger partial charge on any atom is 0.231 e. The Hall–Kier alpha value is -2.08. The molecule has 0 amide bonds. The molecule has 0 aromatic heterocycles. The van der Waals surface area contributed by atoms with Gasteiger partial charge in [0.25, 0.3) is 0 Å². The van der Waals surface area contributed by atoms with E-state index >= 15 is 0 Å². The largest absolute Gasteiger partial charge is 0.454 e. The third-order valence-corrected chi connectivity index (χ3v) is 4.46. The molecule has 0 spiro atoms. The van der Waals surface area contributed by atoms with E-state index < -0.39 is 6.10 Å². The van der Waals surface area contributed by atoms with Crippen LogP contribution in [0.5, 0.6) is 11.5 Å². The monoisotopic (exact) mass is 371 g/mol. The Labute approximate surface area is 161 Å². The van der Waals surface area contributed by atoms with Crippen molar-refractivity contribution < 1.29 is 19.3 Å². The summed E-state index contributed by atoms with van der Waals surface area (Å²) in [6, 6.07) is 14.5. The Morgan fingerprint density at radius 2 is 1.67 bits per heavy atom. The van der Waals surface area contributed by atoms with Crippen LogP contribution in [-0.4, -0.2) is 42.2 Å². The minimum atomic E-state index is -0.535. The van der Waals surface area contributed by atoms with Gasteiger partial charge in [-0.1, -0.05) is 35.9 Å².